The Morgan fingerprint density at radius 3 is 2.54 bits per heavy atom. The van der Waals surface area contributed by atoms with Crippen LogP contribution in [0.5, 0.6) is 0 Å². The lowest BCUT2D eigenvalue weighted by molar-refractivity contribution is -0.143. The molecule has 2 aliphatic heterocycles. The second-order valence-electron chi connectivity index (χ2n) is 7.57. The number of rotatable bonds is 2. The van der Waals surface area contributed by atoms with E-state index < -0.39 is 0 Å². The summed E-state index contributed by atoms with van der Waals surface area (Å²) in [5, 5.41) is 0. The number of amides is 2. The van der Waals surface area contributed by atoms with Gasteiger partial charge >= 0.3 is 0 Å². The van der Waals surface area contributed by atoms with E-state index in [-0.39, 0.29) is 17.2 Å². The first-order valence-corrected chi connectivity index (χ1v) is 9.20. The molecule has 1 unspecified atom stereocenters. The molecule has 0 radical (unpaired) electrons. The summed E-state index contributed by atoms with van der Waals surface area (Å²) < 4.78 is 5.63. The molecule has 4 rings (SSSR count). The van der Waals surface area contributed by atoms with E-state index in [9.17, 15) is 9.59 Å². The number of likely N-dealkylation sites (tertiary alicyclic amines) is 2. The Kier molecular flexibility index (Phi) is 4.10. The van der Waals surface area contributed by atoms with Gasteiger partial charge in [0.25, 0.3) is 5.91 Å². The molecule has 2 aromatic rings. The van der Waals surface area contributed by atoms with Crippen LogP contribution in [0.15, 0.2) is 40.8 Å². The van der Waals surface area contributed by atoms with E-state index in [4.69, 9.17) is 4.42 Å². The minimum Gasteiger partial charge on any atom is -0.461 e. The summed E-state index contributed by atoms with van der Waals surface area (Å²) in [6.07, 6.45) is 2.67. The summed E-state index contributed by atoms with van der Waals surface area (Å²) in [5.41, 5.74) is 1.25. The van der Waals surface area contributed by atoms with Gasteiger partial charge in [-0.2, -0.15) is 0 Å². The average molecular weight is 352 g/mol. The fourth-order valence-electron chi connectivity index (χ4n) is 4.24. The van der Waals surface area contributed by atoms with Crippen molar-refractivity contribution in [2.75, 3.05) is 26.7 Å². The first-order chi connectivity index (χ1) is 12.5. The second kappa shape index (κ2) is 6.31. The van der Waals surface area contributed by atoms with Crippen molar-refractivity contribution in [2.24, 2.45) is 5.41 Å². The molecule has 0 bridgehead atoms. The molecule has 2 amide bonds. The highest BCUT2D eigenvalue weighted by atomic mass is 16.3. The van der Waals surface area contributed by atoms with E-state index in [0.717, 1.165) is 42.9 Å². The van der Waals surface area contributed by atoms with Gasteiger partial charge in [-0.3, -0.25) is 9.59 Å². The predicted octanol–water partition coefficient (Wildman–Crippen LogP) is 3.34. The predicted molar refractivity (Wildman–Crippen MR) is 98.7 cm³/mol. The maximum Gasteiger partial charge on any atom is 0.253 e. The van der Waals surface area contributed by atoms with Gasteiger partial charge in [-0.25, -0.2) is 0 Å². The summed E-state index contributed by atoms with van der Waals surface area (Å²) in [6.45, 7) is 3.92. The van der Waals surface area contributed by atoms with Crippen LogP contribution in [0.1, 0.15) is 35.4 Å². The number of hydrogen-bond acceptors (Lipinski definition) is 3. The van der Waals surface area contributed by atoms with Crippen LogP contribution < -0.4 is 0 Å². The number of carbonyl (C=O) groups is 2. The van der Waals surface area contributed by atoms with Crippen molar-refractivity contribution in [1.29, 1.82) is 0 Å². The number of aryl methyl sites for hydroxylation is 1. The molecule has 0 aliphatic carbocycles. The van der Waals surface area contributed by atoms with Crippen LogP contribution in [-0.4, -0.2) is 48.3 Å². The Bertz CT molecular complexity index is 839. The molecule has 0 saturated carbocycles. The Labute approximate surface area is 153 Å². The van der Waals surface area contributed by atoms with Crippen molar-refractivity contribution in [3.05, 3.63) is 47.7 Å². The Morgan fingerprint density at radius 1 is 1.08 bits per heavy atom. The van der Waals surface area contributed by atoms with Gasteiger partial charge in [0.2, 0.25) is 5.91 Å². The molecule has 136 valence electrons. The van der Waals surface area contributed by atoms with Crippen molar-refractivity contribution in [3.63, 3.8) is 0 Å². The summed E-state index contributed by atoms with van der Waals surface area (Å²) in [4.78, 5) is 29.2. The lowest BCUT2D eigenvalue weighted by Gasteiger charge is -2.37. The highest BCUT2D eigenvalue weighted by Gasteiger charge is 2.48. The SMILES string of the molecule is Cc1ccc(-c2ccc(C(=O)N3CCC4(CCCN(C)C4=O)C3)cc2)o1. The van der Waals surface area contributed by atoms with Gasteiger partial charge in [0.05, 0.1) is 5.41 Å². The minimum atomic E-state index is -0.367. The zero-order chi connectivity index (χ0) is 18.3. The van der Waals surface area contributed by atoms with Crippen LogP contribution in [0.4, 0.5) is 0 Å². The summed E-state index contributed by atoms with van der Waals surface area (Å²) >= 11 is 0. The maximum absolute atomic E-state index is 12.9. The van der Waals surface area contributed by atoms with Crippen LogP contribution >= 0.6 is 0 Å². The van der Waals surface area contributed by atoms with E-state index in [1.54, 1.807) is 0 Å². The Balaban J connectivity index is 1.49. The molecule has 2 fully saturated rings. The zero-order valence-corrected chi connectivity index (χ0v) is 15.3. The molecule has 5 nitrogen and oxygen atoms in total. The fourth-order valence-corrected chi connectivity index (χ4v) is 4.24. The summed E-state index contributed by atoms with van der Waals surface area (Å²) in [5.74, 6) is 1.87. The van der Waals surface area contributed by atoms with Gasteiger partial charge in [-0.1, -0.05) is 12.1 Å². The van der Waals surface area contributed by atoms with Crippen LogP contribution in [0.3, 0.4) is 0 Å². The molecule has 26 heavy (non-hydrogen) atoms. The Hall–Kier alpha value is -2.56. The third-order valence-corrected chi connectivity index (χ3v) is 5.75. The lowest BCUT2D eigenvalue weighted by atomic mass is 9.78. The summed E-state index contributed by atoms with van der Waals surface area (Å²) in [6, 6.07) is 11.4. The highest BCUT2D eigenvalue weighted by molar-refractivity contribution is 5.96. The second-order valence-corrected chi connectivity index (χ2v) is 7.57. The summed E-state index contributed by atoms with van der Waals surface area (Å²) in [7, 11) is 1.86. The van der Waals surface area contributed by atoms with E-state index in [1.807, 2.05) is 60.2 Å². The molecule has 5 heteroatoms. The van der Waals surface area contributed by atoms with E-state index in [2.05, 4.69) is 0 Å². The standard InChI is InChI=1S/C21H24N2O3/c1-15-4-9-18(26-15)16-5-7-17(8-6-16)19(24)23-13-11-21(14-23)10-3-12-22(2)20(21)25/h4-9H,3,10-14H2,1-2H3. The van der Waals surface area contributed by atoms with Crippen molar-refractivity contribution in [3.8, 4) is 11.3 Å². The molecular formula is C21H24N2O3. The van der Waals surface area contributed by atoms with Gasteiger partial charge in [-0.15, -0.1) is 0 Å². The highest BCUT2D eigenvalue weighted by Crippen LogP contribution is 2.40. The molecule has 2 saturated heterocycles. The first-order valence-electron chi connectivity index (χ1n) is 9.20. The topological polar surface area (TPSA) is 53.8 Å². The smallest absolute Gasteiger partial charge is 0.253 e. The molecule has 1 aromatic heterocycles. The normalized spacial score (nSPS) is 23.1. The number of nitrogens with zero attached hydrogens (tertiary/aromatic N) is 2. The van der Waals surface area contributed by atoms with Crippen LogP contribution in [-0.2, 0) is 4.79 Å². The Morgan fingerprint density at radius 2 is 1.85 bits per heavy atom. The molecule has 3 heterocycles. The molecule has 1 spiro atoms. The van der Waals surface area contributed by atoms with E-state index in [0.29, 0.717) is 18.7 Å². The van der Waals surface area contributed by atoms with Crippen LogP contribution in [0.2, 0.25) is 0 Å². The number of furan rings is 1. The average Bonchev–Trinajstić information content (AvgIpc) is 3.27. The molecule has 2 aliphatic rings. The van der Waals surface area contributed by atoms with E-state index in [1.165, 1.54) is 0 Å². The van der Waals surface area contributed by atoms with Crippen molar-refractivity contribution in [2.45, 2.75) is 26.2 Å². The van der Waals surface area contributed by atoms with Crippen molar-refractivity contribution < 1.29 is 14.0 Å². The van der Waals surface area contributed by atoms with Gasteiger partial charge in [0.1, 0.15) is 11.5 Å². The third kappa shape index (κ3) is 2.81. The zero-order valence-electron chi connectivity index (χ0n) is 15.3. The number of hydrogen-bond donors (Lipinski definition) is 0. The maximum atomic E-state index is 12.9. The lowest BCUT2D eigenvalue weighted by Crippen LogP contribution is -2.48. The van der Waals surface area contributed by atoms with Gasteiger partial charge in [0.15, 0.2) is 0 Å². The monoisotopic (exact) mass is 352 g/mol. The van der Waals surface area contributed by atoms with Gasteiger partial charge in [0, 0.05) is 37.8 Å². The van der Waals surface area contributed by atoms with Gasteiger partial charge in [-0.05, 0) is 50.5 Å². The van der Waals surface area contributed by atoms with Crippen molar-refractivity contribution >= 4 is 11.8 Å². The van der Waals surface area contributed by atoms with Gasteiger partial charge < -0.3 is 14.2 Å². The molecule has 1 aromatic carbocycles. The largest absolute Gasteiger partial charge is 0.461 e. The fraction of sp³-hybridized carbons (Fsp3) is 0.429. The third-order valence-electron chi connectivity index (χ3n) is 5.75. The molecule has 0 N–H and O–H groups in total. The van der Waals surface area contributed by atoms with E-state index >= 15 is 0 Å². The number of benzene rings is 1. The number of carbonyl (C=O) groups excluding carboxylic acids is 2. The minimum absolute atomic E-state index is 0.00470. The molecule has 1 atom stereocenters. The van der Waals surface area contributed by atoms with Crippen molar-refractivity contribution in [1.82, 2.24) is 9.80 Å². The quantitative estimate of drug-likeness (QED) is 0.833. The number of piperidine rings is 1. The molecular weight excluding hydrogens is 328 g/mol. The van der Waals surface area contributed by atoms with Crippen LogP contribution in [0.25, 0.3) is 11.3 Å². The van der Waals surface area contributed by atoms with Crippen LogP contribution in [0, 0.1) is 12.3 Å². The first kappa shape index (κ1) is 16.9.